The molecule has 1 aliphatic carbocycles. The Labute approximate surface area is 193 Å². The molecule has 2 aliphatic rings. The SMILES string of the molecule is CC(C)[C@H](NC(=O)c1c(F)cccc1F)C(=O)NC1CCN(C(=O)NC2CCCCC2)CC1. The highest BCUT2D eigenvalue weighted by Crippen LogP contribution is 2.19. The van der Waals surface area contributed by atoms with Crippen molar-refractivity contribution in [1.82, 2.24) is 20.9 Å². The number of urea groups is 1. The molecule has 4 amide bonds. The van der Waals surface area contributed by atoms with E-state index in [0.29, 0.717) is 25.9 Å². The number of carbonyl (C=O) groups excluding carboxylic acids is 3. The molecule has 182 valence electrons. The maximum Gasteiger partial charge on any atom is 0.317 e. The van der Waals surface area contributed by atoms with Gasteiger partial charge in [-0.3, -0.25) is 9.59 Å². The molecule has 3 rings (SSSR count). The largest absolute Gasteiger partial charge is 0.351 e. The third-order valence-corrected chi connectivity index (χ3v) is 6.49. The Hall–Kier alpha value is -2.71. The van der Waals surface area contributed by atoms with Crippen molar-refractivity contribution < 1.29 is 23.2 Å². The van der Waals surface area contributed by atoms with Crippen LogP contribution in [-0.2, 0) is 4.79 Å². The molecule has 0 spiro atoms. The molecule has 0 radical (unpaired) electrons. The summed E-state index contributed by atoms with van der Waals surface area (Å²) in [4.78, 5) is 39.6. The van der Waals surface area contributed by atoms with E-state index in [1.54, 1.807) is 18.7 Å². The Morgan fingerprint density at radius 3 is 2.06 bits per heavy atom. The summed E-state index contributed by atoms with van der Waals surface area (Å²) in [5, 5.41) is 8.51. The van der Waals surface area contributed by atoms with Crippen LogP contribution in [0.3, 0.4) is 0 Å². The Morgan fingerprint density at radius 2 is 1.48 bits per heavy atom. The van der Waals surface area contributed by atoms with Gasteiger partial charge in [0.05, 0.1) is 0 Å². The Balaban J connectivity index is 1.50. The zero-order valence-corrected chi connectivity index (χ0v) is 19.3. The van der Waals surface area contributed by atoms with Crippen molar-refractivity contribution in [3.8, 4) is 0 Å². The minimum atomic E-state index is -0.978. The summed E-state index contributed by atoms with van der Waals surface area (Å²) in [6, 6.07) is 2.30. The molecule has 3 N–H and O–H groups in total. The fraction of sp³-hybridized carbons (Fsp3) is 0.625. The third kappa shape index (κ3) is 6.65. The molecule has 1 atom stereocenters. The summed E-state index contributed by atoms with van der Waals surface area (Å²) >= 11 is 0. The van der Waals surface area contributed by atoms with Gasteiger partial charge in [0.1, 0.15) is 23.2 Å². The van der Waals surface area contributed by atoms with Crippen LogP contribution in [0.25, 0.3) is 0 Å². The van der Waals surface area contributed by atoms with Crippen LogP contribution in [0.4, 0.5) is 13.6 Å². The highest BCUT2D eigenvalue weighted by Gasteiger charge is 2.31. The lowest BCUT2D eigenvalue weighted by Gasteiger charge is -2.35. The second kappa shape index (κ2) is 11.4. The summed E-state index contributed by atoms with van der Waals surface area (Å²) in [7, 11) is 0. The maximum atomic E-state index is 13.9. The smallest absolute Gasteiger partial charge is 0.317 e. The van der Waals surface area contributed by atoms with E-state index in [2.05, 4.69) is 16.0 Å². The van der Waals surface area contributed by atoms with Gasteiger partial charge in [-0.25, -0.2) is 13.6 Å². The molecular weight excluding hydrogens is 430 g/mol. The van der Waals surface area contributed by atoms with Crippen LogP contribution in [0.15, 0.2) is 18.2 Å². The molecule has 0 aromatic heterocycles. The normalized spacial score (nSPS) is 18.6. The molecule has 2 fully saturated rings. The summed E-state index contributed by atoms with van der Waals surface area (Å²) in [6.45, 7) is 4.56. The predicted molar refractivity (Wildman–Crippen MR) is 121 cm³/mol. The second-order valence-corrected chi connectivity index (χ2v) is 9.35. The van der Waals surface area contributed by atoms with Gasteiger partial charge >= 0.3 is 6.03 Å². The van der Waals surface area contributed by atoms with Gasteiger partial charge in [0.2, 0.25) is 5.91 Å². The van der Waals surface area contributed by atoms with E-state index in [1.165, 1.54) is 12.5 Å². The lowest BCUT2D eigenvalue weighted by Crippen LogP contribution is -2.55. The van der Waals surface area contributed by atoms with E-state index < -0.39 is 35.1 Å². The first-order chi connectivity index (χ1) is 15.8. The number of halogens is 2. The molecule has 1 saturated carbocycles. The quantitative estimate of drug-likeness (QED) is 0.603. The first kappa shape index (κ1) is 24.9. The number of piperidine rings is 1. The van der Waals surface area contributed by atoms with Gasteiger partial charge in [-0.1, -0.05) is 39.2 Å². The van der Waals surface area contributed by atoms with Gasteiger partial charge in [0.15, 0.2) is 0 Å². The van der Waals surface area contributed by atoms with Crippen molar-refractivity contribution in [3.63, 3.8) is 0 Å². The van der Waals surface area contributed by atoms with Gasteiger partial charge < -0.3 is 20.9 Å². The Kier molecular flexibility index (Phi) is 8.63. The van der Waals surface area contributed by atoms with Crippen molar-refractivity contribution in [2.45, 2.75) is 76.9 Å². The van der Waals surface area contributed by atoms with Crippen molar-refractivity contribution in [3.05, 3.63) is 35.4 Å². The number of likely N-dealkylation sites (tertiary alicyclic amines) is 1. The van der Waals surface area contributed by atoms with Crippen LogP contribution in [0.1, 0.15) is 69.2 Å². The van der Waals surface area contributed by atoms with Crippen LogP contribution in [0, 0.1) is 17.6 Å². The van der Waals surface area contributed by atoms with E-state index in [-0.39, 0.29) is 24.0 Å². The monoisotopic (exact) mass is 464 g/mol. The average Bonchev–Trinajstić information content (AvgIpc) is 2.78. The fourth-order valence-corrected chi connectivity index (χ4v) is 4.49. The van der Waals surface area contributed by atoms with Gasteiger partial charge in [0, 0.05) is 25.2 Å². The summed E-state index contributed by atoms with van der Waals surface area (Å²) in [6.07, 6.45) is 6.78. The number of hydrogen-bond donors (Lipinski definition) is 3. The molecule has 9 heteroatoms. The first-order valence-corrected chi connectivity index (χ1v) is 11.9. The number of rotatable bonds is 6. The fourth-order valence-electron chi connectivity index (χ4n) is 4.49. The Morgan fingerprint density at radius 1 is 0.909 bits per heavy atom. The molecule has 0 bridgehead atoms. The molecule has 1 heterocycles. The topological polar surface area (TPSA) is 90.5 Å². The van der Waals surface area contributed by atoms with Gasteiger partial charge in [-0.15, -0.1) is 0 Å². The zero-order valence-electron chi connectivity index (χ0n) is 19.3. The van der Waals surface area contributed by atoms with E-state index >= 15 is 0 Å². The van der Waals surface area contributed by atoms with Crippen molar-refractivity contribution in [2.75, 3.05) is 13.1 Å². The van der Waals surface area contributed by atoms with Crippen LogP contribution < -0.4 is 16.0 Å². The lowest BCUT2D eigenvalue weighted by molar-refractivity contribution is -0.124. The predicted octanol–water partition coefficient (Wildman–Crippen LogP) is 3.34. The maximum absolute atomic E-state index is 13.9. The number of amides is 4. The Bertz CT molecular complexity index is 830. The summed E-state index contributed by atoms with van der Waals surface area (Å²) in [5.41, 5.74) is -0.701. The van der Waals surface area contributed by atoms with Crippen molar-refractivity contribution >= 4 is 17.8 Å². The van der Waals surface area contributed by atoms with Crippen LogP contribution in [-0.4, -0.2) is 54.0 Å². The minimum absolute atomic E-state index is 0.0501. The number of hydrogen-bond acceptors (Lipinski definition) is 3. The molecule has 1 saturated heterocycles. The van der Waals surface area contributed by atoms with Crippen LogP contribution in [0.5, 0.6) is 0 Å². The first-order valence-electron chi connectivity index (χ1n) is 11.9. The molecular formula is C24H34F2N4O3. The van der Waals surface area contributed by atoms with Crippen LogP contribution >= 0.6 is 0 Å². The minimum Gasteiger partial charge on any atom is -0.351 e. The number of carbonyl (C=O) groups is 3. The van der Waals surface area contributed by atoms with Crippen molar-refractivity contribution in [2.24, 2.45) is 5.92 Å². The van der Waals surface area contributed by atoms with Crippen molar-refractivity contribution in [1.29, 1.82) is 0 Å². The second-order valence-electron chi connectivity index (χ2n) is 9.35. The standard InChI is InChI=1S/C24H34F2N4O3/c1-15(2)21(29-22(31)20-18(25)9-6-10-19(20)26)23(32)27-17-11-13-30(14-12-17)24(33)28-16-7-4-3-5-8-16/h6,9-10,15-17,21H,3-5,7-8,11-14H2,1-2H3,(H,27,32)(H,28,33)(H,29,31)/t21-/m0/s1. The number of benzene rings is 1. The molecule has 1 aliphatic heterocycles. The molecule has 33 heavy (non-hydrogen) atoms. The number of nitrogens with one attached hydrogen (secondary N) is 3. The van der Waals surface area contributed by atoms with Gasteiger partial charge in [0.25, 0.3) is 5.91 Å². The molecule has 0 unspecified atom stereocenters. The van der Waals surface area contributed by atoms with E-state index in [0.717, 1.165) is 37.8 Å². The van der Waals surface area contributed by atoms with Gasteiger partial charge in [-0.05, 0) is 43.7 Å². The average molecular weight is 465 g/mol. The molecule has 1 aromatic carbocycles. The molecule has 7 nitrogen and oxygen atoms in total. The highest BCUT2D eigenvalue weighted by atomic mass is 19.1. The number of nitrogens with zero attached hydrogens (tertiary/aromatic N) is 1. The highest BCUT2D eigenvalue weighted by molar-refractivity contribution is 5.98. The van der Waals surface area contributed by atoms with Gasteiger partial charge in [-0.2, -0.15) is 0 Å². The van der Waals surface area contributed by atoms with Crippen LogP contribution in [0.2, 0.25) is 0 Å². The lowest BCUT2D eigenvalue weighted by atomic mass is 9.95. The third-order valence-electron chi connectivity index (χ3n) is 6.49. The van der Waals surface area contributed by atoms with E-state index in [9.17, 15) is 23.2 Å². The summed E-state index contributed by atoms with van der Waals surface area (Å²) in [5.74, 6) is -3.61. The molecule has 1 aromatic rings. The summed E-state index contributed by atoms with van der Waals surface area (Å²) < 4.78 is 27.9. The zero-order chi connectivity index (χ0) is 24.0. The van der Waals surface area contributed by atoms with E-state index in [4.69, 9.17) is 0 Å². The van der Waals surface area contributed by atoms with E-state index in [1.807, 2.05) is 0 Å².